The highest BCUT2D eigenvalue weighted by Crippen LogP contribution is 2.32. The predicted molar refractivity (Wildman–Crippen MR) is 88.9 cm³/mol. The third kappa shape index (κ3) is 2.30. The molecular formula is C18H16N4O. The maximum Gasteiger partial charge on any atom is 0.266 e. The Morgan fingerprint density at radius 1 is 1.00 bits per heavy atom. The van der Waals surface area contributed by atoms with Crippen molar-refractivity contribution in [3.63, 3.8) is 0 Å². The van der Waals surface area contributed by atoms with Gasteiger partial charge in [0.15, 0.2) is 0 Å². The average Bonchev–Trinajstić information content (AvgIpc) is 3.05. The summed E-state index contributed by atoms with van der Waals surface area (Å²) in [4.78, 5) is 4.63. The van der Waals surface area contributed by atoms with E-state index in [4.69, 9.17) is 4.74 Å². The molecule has 0 fully saturated rings. The Kier molecular flexibility index (Phi) is 3.19. The zero-order valence-corrected chi connectivity index (χ0v) is 13.0. The van der Waals surface area contributed by atoms with Gasteiger partial charge in [-0.15, -0.1) is 10.2 Å². The Morgan fingerprint density at radius 2 is 1.78 bits per heavy atom. The molecule has 0 unspecified atom stereocenters. The van der Waals surface area contributed by atoms with E-state index in [0.29, 0.717) is 17.4 Å². The van der Waals surface area contributed by atoms with Crippen molar-refractivity contribution in [1.82, 2.24) is 19.6 Å². The van der Waals surface area contributed by atoms with Gasteiger partial charge in [-0.1, -0.05) is 44.2 Å². The van der Waals surface area contributed by atoms with Gasteiger partial charge in [0.1, 0.15) is 12.1 Å². The summed E-state index contributed by atoms with van der Waals surface area (Å²) in [7, 11) is 0. The van der Waals surface area contributed by atoms with Crippen LogP contribution in [0.2, 0.25) is 0 Å². The van der Waals surface area contributed by atoms with Gasteiger partial charge in [-0.05, 0) is 29.7 Å². The van der Waals surface area contributed by atoms with Crippen molar-refractivity contribution in [2.45, 2.75) is 19.8 Å². The van der Waals surface area contributed by atoms with Crippen LogP contribution in [-0.2, 0) is 0 Å². The molecule has 0 saturated carbocycles. The quantitative estimate of drug-likeness (QED) is 0.569. The number of hydrogen-bond acceptors (Lipinski definition) is 4. The van der Waals surface area contributed by atoms with Gasteiger partial charge in [0, 0.05) is 0 Å². The number of aromatic nitrogens is 4. The molecule has 0 aliphatic heterocycles. The van der Waals surface area contributed by atoms with E-state index in [9.17, 15) is 0 Å². The largest absolute Gasteiger partial charge is 0.436 e. The highest BCUT2D eigenvalue weighted by molar-refractivity contribution is 5.79. The van der Waals surface area contributed by atoms with Gasteiger partial charge < -0.3 is 4.74 Å². The van der Waals surface area contributed by atoms with Crippen LogP contribution in [0.25, 0.3) is 16.7 Å². The Balaban J connectivity index is 1.90. The smallest absolute Gasteiger partial charge is 0.266 e. The first-order valence-electron chi connectivity index (χ1n) is 7.59. The normalized spacial score (nSPS) is 11.4. The van der Waals surface area contributed by atoms with Crippen molar-refractivity contribution in [2.24, 2.45) is 0 Å². The maximum atomic E-state index is 6.12. The van der Waals surface area contributed by atoms with Crippen molar-refractivity contribution in [1.29, 1.82) is 0 Å². The van der Waals surface area contributed by atoms with E-state index in [2.05, 4.69) is 35.1 Å². The molecule has 4 aromatic rings. The summed E-state index contributed by atoms with van der Waals surface area (Å²) >= 11 is 0. The lowest BCUT2D eigenvalue weighted by atomic mass is 10.0. The molecular weight excluding hydrogens is 288 g/mol. The lowest BCUT2D eigenvalue weighted by molar-refractivity contribution is 0.458. The summed E-state index contributed by atoms with van der Waals surface area (Å²) in [5.74, 6) is 1.63. The van der Waals surface area contributed by atoms with E-state index in [0.717, 1.165) is 22.3 Å². The molecule has 0 atom stereocenters. The molecule has 23 heavy (non-hydrogen) atoms. The molecule has 2 aromatic heterocycles. The highest BCUT2D eigenvalue weighted by atomic mass is 16.5. The molecule has 0 saturated heterocycles. The fraction of sp³-hybridized carbons (Fsp3) is 0.167. The van der Waals surface area contributed by atoms with E-state index < -0.39 is 0 Å². The first-order chi connectivity index (χ1) is 11.2. The Morgan fingerprint density at radius 3 is 2.65 bits per heavy atom. The van der Waals surface area contributed by atoms with Gasteiger partial charge in [-0.3, -0.25) is 4.40 Å². The number of rotatable bonds is 3. The van der Waals surface area contributed by atoms with Gasteiger partial charge in [-0.25, -0.2) is 4.98 Å². The lowest BCUT2D eigenvalue weighted by Crippen LogP contribution is -1.99. The Hall–Kier alpha value is -2.95. The Labute approximate surface area is 133 Å². The summed E-state index contributed by atoms with van der Waals surface area (Å²) in [5.41, 5.74) is 3.55. The van der Waals surface area contributed by atoms with Crippen LogP contribution < -0.4 is 4.74 Å². The van der Waals surface area contributed by atoms with Crippen LogP contribution >= 0.6 is 0 Å². The van der Waals surface area contributed by atoms with Crippen LogP contribution in [0.15, 0.2) is 54.9 Å². The van der Waals surface area contributed by atoms with Crippen molar-refractivity contribution in [3.05, 3.63) is 60.4 Å². The molecule has 5 nitrogen and oxygen atoms in total. The van der Waals surface area contributed by atoms with Crippen LogP contribution in [0.3, 0.4) is 0 Å². The van der Waals surface area contributed by atoms with Crippen molar-refractivity contribution in [3.8, 4) is 11.6 Å². The van der Waals surface area contributed by atoms with Crippen molar-refractivity contribution >= 4 is 16.7 Å². The summed E-state index contributed by atoms with van der Waals surface area (Å²) in [6.07, 6.45) is 1.68. The first kappa shape index (κ1) is 13.7. The average molecular weight is 304 g/mol. The summed E-state index contributed by atoms with van der Waals surface area (Å²) < 4.78 is 8.01. The molecule has 114 valence electrons. The second kappa shape index (κ2) is 5.35. The van der Waals surface area contributed by atoms with Crippen molar-refractivity contribution < 1.29 is 4.74 Å². The van der Waals surface area contributed by atoms with E-state index in [-0.39, 0.29) is 0 Å². The predicted octanol–water partition coefficient (Wildman–Crippen LogP) is 4.19. The summed E-state index contributed by atoms with van der Waals surface area (Å²) in [6.45, 7) is 4.28. The molecule has 4 rings (SSSR count). The second-order valence-corrected chi connectivity index (χ2v) is 5.72. The molecule has 0 amide bonds. The monoisotopic (exact) mass is 304 g/mol. The SMILES string of the molecule is CC(C)c1ccccc1Oc1nc2ccccc2n2cnnc12. The fourth-order valence-electron chi connectivity index (χ4n) is 2.70. The van der Waals surface area contributed by atoms with Crippen LogP contribution in [0.5, 0.6) is 11.6 Å². The minimum absolute atomic E-state index is 0.362. The van der Waals surface area contributed by atoms with Crippen LogP contribution in [0.1, 0.15) is 25.3 Å². The zero-order chi connectivity index (χ0) is 15.8. The molecule has 2 aromatic carbocycles. The summed E-state index contributed by atoms with van der Waals surface area (Å²) in [5, 5.41) is 8.17. The minimum atomic E-state index is 0.362. The van der Waals surface area contributed by atoms with Gasteiger partial charge in [0.2, 0.25) is 5.65 Å². The number of fused-ring (bicyclic) bond motifs is 3. The van der Waals surface area contributed by atoms with Gasteiger partial charge in [0.05, 0.1) is 11.0 Å². The minimum Gasteiger partial charge on any atom is -0.436 e. The van der Waals surface area contributed by atoms with Crippen LogP contribution in [0, 0.1) is 0 Å². The topological polar surface area (TPSA) is 52.3 Å². The molecule has 0 spiro atoms. The molecule has 0 aliphatic rings. The summed E-state index contributed by atoms with van der Waals surface area (Å²) in [6, 6.07) is 15.9. The number of nitrogens with zero attached hydrogens (tertiary/aromatic N) is 4. The van der Waals surface area contributed by atoms with Crippen molar-refractivity contribution in [2.75, 3.05) is 0 Å². The van der Waals surface area contributed by atoms with E-state index in [1.54, 1.807) is 6.33 Å². The number of para-hydroxylation sites is 3. The number of hydrogen-bond donors (Lipinski definition) is 0. The molecule has 0 radical (unpaired) electrons. The third-order valence-electron chi connectivity index (χ3n) is 3.85. The van der Waals surface area contributed by atoms with Gasteiger partial charge in [-0.2, -0.15) is 0 Å². The van der Waals surface area contributed by atoms with Gasteiger partial charge in [0.25, 0.3) is 5.88 Å². The third-order valence-corrected chi connectivity index (χ3v) is 3.85. The standard InChI is InChI=1S/C18H16N4O/c1-12(2)13-7-3-6-10-16(13)23-18-17-21-19-11-22(17)15-9-5-4-8-14(15)20-18/h3-12H,1-2H3. The maximum absolute atomic E-state index is 6.12. The lowest BCUT2D eigenvalue weighted by Gasteiger charge is -2.13. The fourth-order valence-corrected chi connectivity index (χ4v) is 2.70. The highest BCUT2D eigenvalue weighted by Gasteiger charge is 2.14. The van der Waals surface area contributed by atoms with E-state index in [1.807, 2.05) is 46.9 Å². The number of benzene rings is 2. The molecule has 2 heterocycles. The second-order valence-electron chi connectivity index (χ2n) is 5.72. The van der Waals surface area contributed by atoms with Crippen LogP contribution in [-0.4, -0.2) is 19.6 Å². The molecule has 0 aliphatic carbocycles. The molecule has 5 heteroatoms. The van der Waals surface area contributed by atoms with Gasteiger partial charge >= 0.3 is 0 Å². The van der Waals surface area contributed by atoms with Crippen LogP contribution in [0.4, 0.5) is 0 Å². The first-order valence-corrected chi connectivity index (χ1v) is 7.59. The Bertz CT molecular complexity index is 991. The van der Waals surface area contributed by atoms with E-state index in [1.165, 1.54) is 0 Å². The molecule has 0 bridgehead atoms. The zero-order valence-electron chi connectivity index (χ0n) is 13.0. The number of ether oxygens (including phenoxy) is 1. The molecule has 0 N–H and O–H groups in total. The van der Waals surface area contributed by atoms with E-state index >= 15 is 0 Å².